The molecule has 5 rings (SSSR count). The number of ether oxygens (including phenoxy) is 2. The fourth-order valence-electron chi connectivity index (χ4n) is 2.73. The standard InChI is InChI=1S/C18H8Cl2N2O2/c19-9-5-6-14-11(7-9)21-12-8-15-17(16(20)18(12)24-14)22-10-3-1-2-4-13(10)23-15/h1-8H. The molecule has 0 saturated heterocycles. The Balaban J connectivity index is 1.80. The Kier molecular flexibility index (Phi) is 2.86. The predicted octanol–water partition coefficient (Wildman–Crippen LogP) is 5.11. The smallest absolute Gasteiger partial charge is 0.174 e. The van der Waals surface area contributed by atoms with Crippen molar-refractivity contribution in [2.24, 2.45) is 9.98 Å². The van der Waals surface area contributed by atoms with Crippen molar-refractivity contribution in [3.63, 3.8) is 0 Å². The van der Waals surface area contributed by atoms with Gasteiger partial charge in [0.1, 0.15) is 27.1 Å². The van der Waals surface area contributed by atoms with Crippen LogP contribution in [0.4, 0.5) is 11.4 Å². The molecule has 6 heteroatoms. The number of nitrogens with zero attached hydrogens (tertiary/aromatic N) is 2. The summed E-state index contributed by atoms with van der Waals surface area (Å²) in [5, 5.41) is 2.10. The van der Waals surface area contributed by atoms with Crippen molar-refractivity contribution < 1.29 is 9.47 Å². The fraction of sp³-hybridized carbons (Fsp3) is 0. The van der Waals surface area contributed by atoms with E-state index in [2.05, 4.69) is 9.98 Å². The summed E-state index contributed by atoms with van der Waals surface area (Å²) in [4.78, 5) is 9.17. The number of benzene rings is 3. The largest absolute Gasteiger partial charge is 0.453 e. The Morgan fingerprint density at radius 3 is 2.50 bits per heavy atom. The van der Waals surface area contributed by atoms with E-state index < -0.39 is 0 Å². The summed E-state index contributed by atoms with van der Waals surface area (Å²) in [6.45, 7) is 0. The van der Waals surface area contributed by atoms with Crippen LogP contribution in [-0.2, 0) is 0 Å². The average molecular weight is 355 g/mol. The van der Waals surface area contributed by atoms with Crippen molar-refractivity contribution in [1.82, 2.24) is 0 Å². The van der Waals surface area contributed by atoms with Crippen molar-refractivity contribution in [1.29, 1.82) is 0 Å². The molecule has 0 saturated carbocycles. The lowest BCUT2D eigenvalue weighted by Crippen LogP contribution is -2.20. The van der Waals surface area contributed by atoms with Gasteiger partial charge in [-0.05, 0) is 30.3 Å². The van der Waals surface area contributed by atoms with Gasteiger partial charge in [0.25, 0.3) is 0 Å². The second-order valence-electron chi connectivity index (χ2n) is 5.39. The minimum absolute atomic E-state index is 0.376. The number of rotatable bonds is 0. The molecule has 0 bridgehead atoms. The first-order valence-corrected chi connectivity index (χ1v) is 7.99. The summed E-state index contributed by atoms with van der Waals surface area (Å²) < 4.78 is 11.8. The second kappa shape index (κ2) is 4.97. The molecule has 0 unspecified atom stereocenters. The van der Waals surface area contributed by atoms with Gasteiger partial charge in [0, 0.05) is 11.1 Å². The third kappa shape index (κ3) is 2.00. The zero-order valence-electron chi connectivity index (χ0n) is 12.1. The van der Waals surface area contributed by atoms with E-state index in [1.807, 2.05) is 24.3 Å². The molecule has 4 nitrogen and oxygen atoms in total. The lowest BCUT2D eigenvalue weighted by Gasteiger charge is -2.19. The Morgan fingerprint density at radius 2 is 1.58 bits per heavy atom. The Hall–Kier alpha value is -2.56. The van der Waals surface area contributed by atoms with Crippen molar-refractivity contribution in [2.45, 2.75) is 0 Å². The predicted molar refractivity (Wildman–Crippen MR) is 91.1 cm³/mol. The molecule has 0 aromatic heterocycles. The van der Waals surface area contributed by atoms with E-state index in [0.29, 0.717) is 49.4 Å². The molecule has 116 valence electrons. The molecule has 0 aliphatic carbocycles. The van der Waals surface area contributed by atoms with Crippen LogP contribution in [0.5, 0.6) is 23.0 Å². The van der Waals surface area contributed by atoms with Crippen LogP contribution < -0.4 is 20.2 Å². The van der Waals surface area contributed by atoms with Crippen LogP contribution in [0.15, 0.2) is 58.5 Å². The zero-order chi connectivity index (χ0) is 16.3. The summed E-state index contributed by atoms with van der Waals surface area (Å²) >= 11 is 12.5. The molecule has 0 atom stereocenters. The molecule has 2 aliphatic rings. The topological polar surface area (TPSA) is 43.2 Å². The third-order valence-corrected chi connectivity index (χ3v) is 4.42. The fourth-order valence-corrected chi connectivity index (χ4v) is 3.16. The van der Waals surface area contributed by atoms with Gasteiger partial charge in [-0.1, -0.05) is 35.3 Å². The van der Waals surface area contributed by atoms with E-state index in [1.54, 1.807) is 24.3 Å². The first-order valence-electron chi connectivity index (χ1n) is 7.23. The third-order valence-electron chi connectivity index (χ3n) is 3.83. The number of fused-ring (bicyclic) bond motifs is 4. The molecule has 2 heterocycles. The van der Waals surface area contributed by atoms with Crippen molar-refractivity contribution >= 4 is 34.6 Å². The first-order chi connectivity index (χ1) is 11.7. The van der Waals surface area contributed by atoms with Crippen LogP contribution >= 0.6 is 23.2 Å². The second-order valence-corrected chi connectivity index (χ2v) is 6.21. The van der Waals surface area contributed by atoms with E-state index in [0.717, 1.165) is 5.69 Å². The van der Waals surface area contributed by atoms with Crippen LogP contribution in [0, 0.1) is 0 Å². The van der Waals surface area contributed by atoms with E-state index in [-0.39, 0.29) is 0 Å². The zero-order valence-corrected chi connectivity index (χ0v) is 13.6. The summed E-state index contributed by atoms with van der Waals surface area (Å²) in [7, 11) is 0. The molecule has 0 N–H and O–H groups in total. The average Bonchev–Trinajstić information content (AvgIpc) is 2.59. The molecule has 3 aromatic rings. The van der Waals surface area contributed by atoms with Crippen LogP contribution in [-0.4, -0.2) is 0 Å². The Bertz CT molecular complexity index is 1140. The highest BCUT2D eigenvalue weighted by Gasteiger charge is 2.22. The van der Waals surface area contributed by atoms with Gasteiger partial charge in [0.15, 0.2) is 23.0 Å². The summed E-state index contributed by atoms with van der Waals surface area (Å²) in [5.74, 6) is 2.30. The summed E-state index contributed by atoms with van der Waals surface area (Å²) in [5.41, 5.74) is 1.38. The molecule has 0 radical (unpaired) electrons. The Morgan fingerprint density at radius 1 is 0.750 bits per heavy atom. The highest BCUT2D eigenvalue weighted by atomic mass is 35.5. The first kappa shape index (κ1) is 13.8. The number of hydrogen-bond acceptors (Lipinski definition) is 4. The van der Waals surface area contributed by atoms with E-state index >= 15 is 0 Å². The van der Waals surface area contributed by atoms with Gasteiger partial charge in [-0.15, -0.1) is 0 Å². The normalized spacial score (nSPS) is 13.1. The van der Waals surface area contributed by atoms with E-state index in [4.69, 9.17) is 32.7 Å². The SMILES string of the molecule is Clc1ccc2c(c1)N=c1cc3c(c(Cl)c1O2)=Nc1ccccc1O3. The van der Waals surface area contributed by atoms with Crippen LogP contribution in [0.3, 0.4) is 0 Å². The molecule has 0 amide bonds. The van der Waals surface area contributed by atoms with Crippen molar-refractivity contribution in [3.8, 4) is 23.0 Å². The maximum absolute atomic E-state index is 6.52. The summed E-state index contributed by atoms with van der Waals surface area (Å²) in [6.07, 6.45) is 0. The van der Waals surface area contributed by atoms with Crippen LogP contribution in [0.1, 0.15) is 0 Å². The van der Waals surface area contributed by atoms with Gasteiger partial charge in [0.05, 0.1) is 0 Å². The van der Waals surface area contributed by atoms with Crippen LogP contribution in [0.25, 0.3) is 0 Å². The lowest BCUT2D eigenvalue weighted by atomic mass is 10.2. The van der Waals surface area contributed by atoms with Crippen LogP contribution in [0.2, 0.25) is 10.0 Å². The van der Waals surface area contributed by atoms with Gasteiger partial charge in [-0.3, -0.25) is 0 Å². The Labute approximate surface area is 146 Å². The van der Waals surface area contributed by atoms with Crippen molar-refractivity contribution in [3.05, 3.63) is 69.3 Å². The van der Waals surface area contributed by atoms with Gasteiger partial charge < -0.3 is 9.47 Å². The minimum atomic E-state index is 0.376. The van der Waals surface area contributed by atoms with Gasteiger partial charge in [-0.2, -0.15) is 0 Å². The van der Waals surface area contributed by atoms with Crippen molar-refractivity contribution in [2.75, 3.05) is 0 Å². The highest BCUT2D eigenvalue weighted by molar-refractivity contribution is 6.32. The molecule has 0 fully saturated rings. The lowest BCUT2D eigenvalue weighted by molar-refractivity contribution is 0.451. The van der Waals surface area contributed by atoms with E-state index in [1.165, 1.54) is 0 Å². The minimum Gasteiger partial charge on any atom is -0.453 e. The number of hydrogen-bond donors (Lipinski definition) is 0. The molecule has 2 aliphatic heterocycles. The van der Waals surface area contributed by atoms with Gasteiger partial charge in [-0.25, -0.2) is 9.98 Å². The maximum atomic E-state index is 6.52. The summed E-state index contributed by atoms with van der Waals surface area (Å²) in [6, 6.07) is 14.6. The quantitative estimate of drug-likeness (QED) is 0.388. The number of halogens is 2. The molecule has 3 aromatic carbocycles. The highest BCUT2D eigenvalue weighted by Crippen LogP contribution is 2.40. The maximum Gasteiger partial charge on any atom is 0.174 e. The molecular formula is C18H8Cl2N2O2. The molecular weight excluding hydrogens is 347 g/mol. The monoisotopic (exact) mass is 354 g/mol. The van der Waals surface area contributed by atoms with Gasteiger partial charge in [0.2, 0.25) is 0 Å². The van der Waals surface area contributed by atoms with Gasteiger partial charge >= 0.3 is 0 Å². The van der Waals surface area contributed by atoms with E-state index in [9.17, 15) is 0 Å². The molecule has 24 heavy (non-hydrogen) atoms. The number of para-hydroxylation sites is 2. The molecule has 0 spiro atoms.